The molecule has 1 aromatic carbocycles. The van der Waals surface area contributed by atoms with E-state index in [1.165, 1.54) is 6.07 Å². The number of carbonyl (C=O) groups is 2. The van der Waals surface area contributed by atoms with Gasteiger partial charge in [0.2, 0.25) is 0 Å². The molecule has 0 aliphatic heterocycles. The van der Waals surface area contributed by atoms with E-state index in [4.69, 9.17) is 0 Å². The molecule has 1 rings (SSSR count). The second kappa shape index (κ2) is 6.87. The molecule has 0 bridgehead atoms. The summed E-state index contributed by atoms with van der Waals surface area (Å²) in [6.45, 7) is 6.63. The molecule has 1 aromatic rings. The van der Waals surface area contributed by atoms with Crippen LogP contribution in [-0.4, -0.2) is 24.5 Å². The minimum Gasteiger partial charge on any atom is -0.744 e. The van der Waals surface area contributed by atoms with Crippen LogP contribution in [0.5, 0.6) is 0 Å². The van der Waals surface area contributed by atoms with E-state index in [9.17, 15) is 22.6 Å². The fourth-order valence-corrected chi connectivity index (χ4v) is 2.24. The van der Waals surface area contributed by atoms with E-state index >= 15 is 0 Å². The molecular weight excluding hydrogens is 292 g/mol. The lowest BCUT2D eigenvalue weighted by Crippen LogP contribution is -2.14. The molecule has 0 aliphatic carbocycles. The van der Waals surface area contributed by atoms with Crippen LogP contribution in [0.1, 0.15) is 48.4 Å². The smallest absolute Gasteiger partial charge is 0.165 e. The molecule has 6 heteroatoms. The highest BCUT2D eigenvalue weighted by Crippen LogP contribution is 2.20. The molecule has 0 radical (unpaired) electrons. The Hall–Kier alpha value is -1.66. The van der Waals surface area contributed by atoms with Gasteiger partial charge in [0.1, 0.15) is 10.1 Å². The summed E-state index contributed by atoms with van der Waals surface area (Å²) in [5, 5.41) is 0. The molecule has 0 saturated heterocycles. The first-order valence-electron chi connectivity index (χ1n) is 6.23. The van der Waals surface area contributed by atoms with Gasteiger partial charge in [0.05, 0.1) is 4.90 Å². The molecule has 0 heterocycles. The van der Waals surface area contributed by atoms with E-state index in [-0.39, 0.29) is 42.0 Å². The third kappa shape index (κ3) is 4.68. The first-order chi connectivity index (χ1) is 9.04. The maximum absolute atomic E-state index is 12.0. The van der Waals surface area contributed by atoms with Gasteiger partial charge in [-0.1, -0.05) is 27.7 Å². The van der Waals surface area contributed by atoms with Crippen LogP contribution in [0.15, 0.2) is 23.1 Å². The Morgan fingerprint density at radius 3 is 1.48 bits per heavy atom. The minimum absolute atomic E-state index is 0. The first-order valence-corrected chi connectivity index (χ1v) is 7.64. The van der Waals surface area contributed by atoms with Crippen molar-refractivity contribution in [3.05, 3.63) is 36.8 Å². The summed E-state index contributed by atoms with van der Waals surface area (Å²) in [6.07, 6.45) is 0. The first kappa shape index (κ1) is 19.3. The second-order valence-electron chi connectivity index (χ2n) is 5.24. The van der Waals surface area contributed by atoms with Gasteiger partial charge in [-0.2, -0.15) is 0 Å². The van der Waals surface area contributed by atoms with Gasteiger partial charge >= 0.3 is 0 Å². The normalized spacial score (nSPS) is 11.4. The van der Waals surface area contributed by atoms with E-state index in [1.807, 2.05) is 0 Å². The van der Waals surface area contributed by atoms with Gasteiger partial charge < -0.3 is 4.55 Å². The number of rotatable bonds is 5. The fourth-order valence-electron chi connectivity index (χ4n) is 1.69. The Kier molecular flexibility index (Phi) is 6.32. The Balaban J connectivity index is 0.00000400. The molecule has 0 atom stereocenters. The van der Waals surface area contributed by atoms with E-state index in [0.717, 1.165) is 12.1 Å². The standard InChI is InChI=1S/C14H18O5S.CH3/c1-8(2)13(15)10-5-11(14(16)9(3)4)7-12(6-10)20(17,18)19;/h5-9H,1-4H3,(H,17,18,19);1H3/q;+1/p-1. The van der Waals surface area contributed by atoms with E-state index in [0.29, 0.717) is 0 Å². The minimum atomic E-state index is -4.72. The third-order valence-electron chi connectivity index (χ3n) is 2.81. The van der Waals surface area contributed by atoms with Crippen molar-refractivity contribution in [2.75, 3.05) is 0 Å². The monoisotopic (exact) mass is 312 g/mol. The van der Waals surface area contributed by atoms with Crippen LogP contribution in [-0.2, 0) is 10.1 Å². The fraction of sp³-hybridized carbons (Fsp3) is 0.400. The summed E-state index contributed by atoms with van der Waals surface area (Å²) < 4.78 is 33.4. The summed E-state index contributed by atoms with van der Waals surface area (Å²) in [7, 11) is -4.72. The summed E-state index contributed by atoms with van der Waals surface area (Å²) in [5.74, 6) is -1.34. The van der Waals surface area contributed by atoms with Crippen LogP contribution in [0.25, 0.3) is 0 Å². The van der Waals surface area contributed by atoms with E-state index < -0.39 is 15.0 Å². The van der Waals surface area contributed by atoms with Crippen molar-refractivity contribution in [2.45, 2.75) is 32.6 Å². The third-order valence-corrected chi connectivity index (χ3v) is 3.63. The van der Waals surface area contributed by atoms with Gasteiger partial charge in [-0.05, 0) is 18.2 Å². The van der Waals surface area contributed by atoms with Gasteiger partial charge in [-0.15, -0.1) is 0 Å². The van der Waals surface area contributed by atoms with Crippen molar-refractivity contribution in [1.29, 1.82) is 0 Å². The molecule has 0 spiro atoms. The predicted octanol–water partition coefficient (Wildman–Crippen LogP) is 2.72. The van der Waals surface area contributed by atoms with Crippen LogP contribution < -0.4 is 0 Å². The maximum Gasteiger partial charge on any atom is 0.165 e. The molecule has 0 aliphatic rings. The quantitative estimate of drug-likeness (QED) is 0.473. The SMILES string of the molecule is CC(C)C(=O)c1cc(C(=O)C(C)C)cc(S(=O)(=O)[O-])c1.[CH3+]. The molecule has 0 unspecified atom stereocenters. The molecule has 5 nitrogen and oxygen atoms in total. The number of benzene rings is 1. The molecule has 0 amide bonds. The maximum atomic E-state index is 12.0. The van der Waals surface area contributed by atoms with Crippen molar-refractivity contribution in [3.63, 3.8) is 0 Å². The Bertz CT molecular complexity index is 604. The summed E-state index contributed by atoms with van der Waals surface area (Å²) in [6, 6.07) is 3.41. The number of Topliss-reactive ketones (excluding diaryl/α,β-unsaturated/α-hetero) is 2. The van der Waals surface area contributed by atoms with Crippen molar-refractivity contribution in [1.82, 2.24) is 0 Å². The summed E-state index contributed by atoms with van der Waals surface area (Å²) >= 11 is 0. The second-order valence-corrected chi connectivity index (χ2v) is 6.62. The van der Waals surface area contributed by atoms with Crippen molar-refractivity contribution >= 4 is 21.7 Å². The molecule has 116 valence electrons. The molecular formula is C15H20O5S. The number of ketones is 2. The Morgan fingerprint density at radius 2 is 1.24 bits per heavy atom. The van der Waals surface area contributed by atoms with E-state index in [1.54, 1.807) is 27.7 Å². The number of carbonyl (C=O) groups excluding carboxylic acids is 2. The summed E-state index contributed by atoms with van der Waals surface area (Å²) in [4.78, 5) is 23.4. The highest BCUT2D eigenvalue weighted by Gasteiger charge is 2.18. The highest BCUT2D eigenvalue weighted by atomic mass is 32.2. The van der Waals surface area contributed by atoms with Gasteiger partial charge in [-0.25, -0.2) is 8.42 Å². The lowest BCUT2D eigenvalue weighted by Gasteiger charge is -2.13. The predicted molar refractivity (Wildman–Crippen MR) is 79.2 cm³/mol. The Labute approximate surface area is 126 Å². The van der Waals surface area contributed by atoms with Crippen LogP contribution >= 0.6 is 0 Å². The number of hydrogen-bond acceptors (Lipinski definition) is 5. The van der Waals surface area contributed by atoms with E-state index in [2.05, 4.69) is 0 Å². The zero-order valence-electron chi connectivity index (χ0n) is 12.8. The summed E-state index contributed by atoms with van der Waals surface area (Å²) in [5.41, 5.74) is 0.141. The van der Waals surface area contributed by atoms with Crippen molar-refractivity contribution in [3.8, 4) is 0 Å². The Morgan fingerprint density at radius 1 is 0.905 bits per heavy atom. The van der Waals surface area contributed by atoms with Crippen molar-refractivity contribution < 1.29 is 22.6 Å². The lowest BCUT2D eigenvalue weighted by atomic mass is 9.95. The molecule has 21 heavy (non-hydrogen) atoms. The van der Waals surface area contributed by atoms with Gasteiger partial charge in [-0.3, -0.25) is 9.59 Å². The lowest BCUT2D eigenvalue weighted by molar-refractivity contribution is 0.0938. The van der Waals surface area contributed by atoms with Crippen LogP contribution in [0.4, 0.5) is 0 Å². The average molecular weight is 312 g/mol. The topological polar surface area (TPSA) is 91.3 Å². The number of hydrogen-bond donors (Lipinski definition) is 0. The molecule has 0 saturated carbocycles. The highest BCUT2D eigenvalue weighted by molar-refractivity contribution is 7.85. The molecule has 0 N–H and O–H groups in total. The largest absolute Gasteiger partial charge is 0.744 e. The van der Waals surface area contributed by atoms with Gasteiger partial charge in [0.25, 0.3) is 0 Å². The zero-order chi connectivity index (χ0) is 15.7. The van der Waals surface area contributed by atoms with Crippen molar-refractivity contribution in [2.24, 2.45) is 11.8 Å². The van der Waals surface area contributed by atoms with Crippen LogP contribution in [0.2, 0.25) is 0 Å². The van der Waals surface area contributed by atoms with Gasteiger partial charge in [0.15, 0.2) is 11.6 Å². The van der Waals surface area contributed by atoms with Gasteiger partial charge in [0, 0.05) is 30.4 Å². The molecule has 0 aromatic heterocycles. The van der Waals surface area contributed by atoms with Crippen LogP contribution in [0, 0.1) is 19.3 Å². The zero-order valence-corrected chi connectivity index (χ0v) is 13.7. The molecule has 0 fully saturated rings. The van der Waals surface area contributed by atoms with Crippen LogP contribution in [0.3, 0.4) is 0 Å². The average Bonchev–Trinajstić information content (AvgIpc) is 2.34.